The highest BCUT2D eigenvalue weighted by Crippen LogP contribution is 2.31. The fourth-order valence-electron chi connectivity index (χ4n) is 2.65. The summed E-state index contributed by atoms with van der Waals surface area (Å²) in [6.45, 7) is 5.85. The normalized spacial score (nSPS) is 10.3. The second kappa shape index (κ2) is 8.67. The van der Waals surface area contributed by atoms with Crippen molar-refractivity contribution in [2.45, 2.75) is 20.8 Å². The molecule has 0 saturated heterocycles. The molecular formula is C22H19ClN2O3. The summed E-state index contributed by atoms with van der Waals surface area (Å²) in [5.41, 5.74) is 1.43. The molecule has 0 fully saturated rings. The molecule has 0 N–H and O–H groups in total. The zero-order valence-corrected chi connectivity index (χ0v) is 16.5. The van der Waals surface area contributed by atoms with Gasteiger partial charge in [-0.25, -0.2) is 14.8 Å². The Morgan fingerprint density at radius 3 is 2.50 bits per heavy atom. The van der Waals surface area contributed by atoms with E-state index in [-0.39, 0.29) is 11.8 Å². The number of aryl methyl sites for hydroxylation is 1. The molecule has 0 aliphatic carbocycles. The van der Waals surface area contributed by atoms with Crippen LogP contribution < -0.4 is 10.4 Å². The van der Waals surface area contributed by atoms with Crippen molar-refractivity contribution in [2.75, 3.05) is 0 Å². The number of hydrogen-bond acceptors (Lipinski definition) is 5. The molecule has 0 saturated carbocycles. The largest absolute Gasteiger partial charge is 0.438 e. The number of benzene rings is 2. The number of rotatable bonds is 3. The molecule has 0 spiro atoms. The topological polar surface area (TPSA) is 65.2 Å². The van der Waals surface area contributed by atoms with Crippen LogP contribution >= 0.6 is 11.6 Å². The summed E-state index contributed by atoms with van der Waals surface area (Å²) >= 11 is 5.90. The van der Waals surface area contributed by atoms with Gasteiger partial charge in [0.05, 0.1) is 16.5 Å². The first-order chi connectivity index (χ1) is 13.6. The molecule has 2 aromatic heterocycles. The number of aromatic nitrogens is 2. The lowest BCUT2D eigenvalue weighted by Crippen LogP contribution is -2.05. The molecule has 4 rings (SSSR count). The third-order valence-electron chi connectivity index (χ3n) is 3.90. The summed E-state index contributed by atoms with van der Waals surface area (Å²) in [6.07, 6.45) is 1.60. The average Bonchev–Trinajstić information content (AvgIpc) is 2.71. The average molecular weight is 395 g/mol. The summed E-state index contributed by atoms with van der Waals surface area (Å²) in [4.78, 5) is 21.1. The SMILES string of the molecule is CC.Cc1cccc2nc(-c3cccnc3Oc3ccc(Cl)cc3)oc(=O)c12. The van der Waals surface area contributed by atoms with Crippen LogP contribution in [0.1, 0.15) is 19.4 Å². The van der Waals surface area contributed by atoms with Gasteiger partial charge in [0.25, 0.3) is 0 Å². The molecule has 4 aromatic rings. The van der Waals surface area contributed by atoms with Crippen LogP contribution in [0.2, 0.25) is 5.02 Å². The maximum Gasteiger partial charge on any atom is 0.347 e. The highest BCUT2D eigenvalue weighted by Gasteiger charge is 2.15. The molecule has 142 valence electrons. The monoisotopic (exact) mass is 394 g/mol. The van der Waals surface area contributed by atoms with Gasteiger partial charge in [0.1, 0.15) is 5.75 Å². The molecule has 0 radical (unpaired) electrons. The van der Waals surface area contributed by atoms with Gasteiger partial charge >= 0.3 is 5.63 Å². The third kappa shape index (κ3) is 4.05. The minimum Gasteiger partial charge on any atom is -0.438 e. The van der Waals surface area contributed by atoms with Crippen molar-refractivity contribution in [1.82, 2.24) is 9.97 Å². The Bertz CT molecular complexity index is 1150. The van der Waals surface area contributed by atoms with Crippen LogP contribution in [0.4, 0.5) is 0 Å². The molecule has 0 aliphatic heterocycles. The second-order valence-electron chi connectivity index (χ2n) is 5.69. The quantitative estimate of drug-likeness (QED) is 0.424. The van der Waals surface area contributed by atoms with E-state index in [1.165, 1.54) is 0 Å². The van der Waals surface area contributed by atoms with E-state index in [9.17, 15) is 4.79 Å². The van der Waals surface area contributed by atoms with E-state index < -0.39 is 5.63 Å². The lowest BCUT2D eigenvalue weighted by molar-refractivity contribution is 0.457. The van der Waals surface area contributed by atoms with E-state index in [4.69, 9.17) is 20.8 Å². The molecule has 28 heavy (non-hydrogen) atoms. The lowest BCUT2D eigenvalue weighted by Gasteiger charge is -2.09. The molecule has 2 heterocycles. The summed E-state index contributed by atoms with van der Waals surface area (Å²) in [6, 6.07) is 15.8. The number of fused-ring (bicyclic) bond motifs is 1. The second-order valence-corrected chi connectivity index (χ2v) is 6.12. The molecule has 0 amide bonds. The van der Waals surface area contributed by atoms with Crippen molar-refractivity contribution in [2.24, 2.45) is 0 Å². The van der Waals surface area contributed by atoms with Gasteiger partial charge in [-0.1, -0.05) is 37.6 Å². The highest BCUT2D eigenvalue weighted by molar-refractivity contribution is 6.30. The zero-order valence-electron chi connectivity index (χ0n) is 15.8. The van der Waals surface area contributed by atoms with Crippen molar-refractivity contribution in [3.05, 3.63) is 81.8 Å². The van der Waals surface area contributed by atoms with Crippen LogP contribution in [-0.2, 0) is 0 Å². The van der Waals surface area contributed by atoms with Crippen LogP contribution in [0.15, 0.2) is 70.0 Å². The Morgan fingerprint density at radius 1 is 1.00 bits per heavy atom. The predicted molar refractivity (Wildman–Crippen MR) is 111 cm³/mol. The van der Waals surface area contributed by atoms with Crippen molar-refractivity contribution in [3.63, 3.8) is 0 Å². The van der Waals surface area contributed by atoms with E-state index in [1.807, 2.05) is 32.9 Å². The lowest BCUT2D eigenvalue weighted by atomic mass is 10.1. The van der Waals surface area contributed by atoms with Crippen LogP contribution in [0.3, 0.4) is 0 Å². The summed E-state index contributed by atoms with van der Waals surface area (Å²) in [5, 5.41) is 1.08. The number of hydrogen-bond donors (Lipinski definition) is 0. The maximum atomic E-state index is 12.4. The van der Waals surface area contributed by atoms with Gasteiger partial charge in [-0.15, -0.1) is 0 Å². The van der Waals surface area contributed by atoms with Gasteiger partial charge in [-0.05, 0) is 55.0 Å². The molecule has 6 heteroatoms. The fraction of sp³-hybridized carbons (Fsp3) is 0.136. The number of pyridine rings is 1. The minimum absolute atomic E-state index is 0.158. The van der Waals surface area contributed by atoms with Gasteiger partial charge in [-0.3, -0.25) is 0 Å². The Labute approximate surface area is 167 Å². The molecule has 0 bridgehead atoms. The number of ether oxygens (including phenoxy) is 1. The summed E-state index contributed by atoms with van der Waals surface area (Å²) < 4.78 is 11.3. The Kier molecular flexibility index (Phi) is 6.06. The van der Waals surface area contributed by atoms with Crippen molar-refractivity contribution in [1.29, 1.82) is 0 Å². The first kappa shape index (κ1) is 19.6. The van der Waals surface area contributed by atoms with Gasteiger partial charge in [0.2, 0.25) is 11.8 Å². The van der Waals surface area contributed by atoms with Gasteiger partial charge in [0, 0.05) is 11.2 Å². The van der Waals surface area contributed by atoms with Crippen molar-refractivity contribution >= 4 is 22.5 Å². The van der Waals surface area contributed by atoms with Gasteiger partial charge < -0.3 is 9.15 Å². The van der Waals surface area contributed by atoms with E-state index in [1.54, 1.807) is 48.7 Å². The predicted octanol–water partition coefficient (Wildman–Crippen LogP) is 6.03. The smallest absolute Gasteiger partial charge is 0.347 e. The Morgan fingerprint density at radius 2 is 1.75 bits per heavy atom. The van der Waals surface area contributed by atoms with Crippen LogP contribution in [0.5, 0.6) is 11.6 Å². The zero-order chi connectivity index (χ0) is 20.1. The highest BCUT2D eigenvalue weighted by atomic mass is 35.5. The van der Waals surface area contributed by atoms with Crippen LogP contribution in [0.25, 0.3) is 22.4 Å². The Balaban J connectivity index is 0.00000109. The molecular weight excluding hydrogens is 376 g/mol. The van der Waals surface area contributed by atoms with Crippen LogP contribution in [0, 0.1) is 6.92 Å². The number of nitrogens with zero attached hydrogens (tertiary/aromatic N) is 2. The maximum absolute atomic E-state index is 12.4. The molecule has 5 nitrogen and oxygen atoms in total. The first-order valence-corrected chi connectivity index (χ1v) is 9.29. The van der Waals surface area contributed by atoms with E-state index in [2.05, 4.69) is 9.97 Å². The van der Waals surface area contributed by atoms with Crippen molar-refractivity contribution < 1.29 is 9.15 Å². The van der Waals surface area contributed by atoms with Gasteiger partial charge in [-0.2, -0.15) is 0 Å². The summed E-state index contributed by atoms with van der Waals surface area (Å²) in [5.74, 6) is 1.01. The number of halogens is 1. The van der Waals surface area contributed by atoms with E-state index >= 15 is 0 Å². The van der Waals surface area contributed by atoms with E-state index in [0.717, 1.165) is 5.56 Å². The Hall–Kier alpha value is -3.18. The van der Waals surface area contributed by atoms with Crippen molar-refractivity contribution in [3.8, 4) is 23.1 Å². The first-order valence-electron chi connectivity index (χ1n) is 8.91. The molecule has 0 aliphatic rings. The third-order valence-corrected chi connectivity index (χ3v) is 4.15. The summed E-state index contributed by atoms with van der Waals surface area (Å²) in [7, 11) is 0. The molecule has 2 aromatic carbocycles. The minimum atomic E-state index is -0.440. The molecule has 0 unspecified atom stereocenters. The van der Waals surface area contributed by atoms with E-state index in [0.29, 0.717) is 27.2 Å². The standard InChI is InChI=1S/C20H13ClN2O3.C2H6/c1-12-4-2-6-16-17(12)20(24)26-19(23-16)15-5-3-11-22-18(15)25-14-9-7-13(21)8-10-14;1-2/h2-11H,1H3;1-2H3. The molecule has 0 atom stereocenters. The van der Waals surface area contributed by atoms with Gasteiger partial charge in [0.15, 0.2) is 0 Å². The fourth-order valence-corrected chi connectivity index (χ4v) is 2.77. The van der Waals surface area contributed by atoms with Crippen LogP contribution in [-0.4, -0.2) is 9.97 Å².